The highest BCUT2D eigenvalue weighted by Gasteiger charge is 2.11. The second-order valence-corrected chi connectivity index (χ2v) is 3.89. The number of aromatic amines is 1. The van der Waals surface area contributed by atoms with Gasteiger partial charge in [-0.2, -0.15) is 0 Å². The van der Waals surface area contributed by atoms with Crippen LogP contribution >= 0.6 is 0 Å². The molecule has 0 saturated carbocycles. The number of amides is 1. The highest BCUT2D eigenvalue weighted by Crippen LogP contribution is 2.23. The van der Waals surface area contributed by atoms with Crippen molar-refractivity contribution in [3.8, 4) is 11.3 Å². The SMILES string of the molecule is Cc1[nH]c(-c2ccc([N+](=O)[O-])cc2)cc1C(N)=O. The highest BCUT2D eigenvalue weighted by molar-refractivity contribution is 5.95. The quantitative estimate of drug-likeness (QED) is 0.638. The summed E-state index contributed by atoms with van der Waals surface area (Å²) in [4.78, 5) is 24.2. The van der Waals surface area contributed by atoms with Crippen LogP contribution in [0.5, 0.6) is 0 Å². The lowest BCUT2D eigenvalue weighted by Crippen LogP contribution is -2.10. The number of nitro benzene ring substituents is 1. The number of carbonyl (C=O) groups is 1. The highest BCUT2D eigenvalue weighted by atomic mass is 16.6. The Bertz CT molecular complexity index is 614. The molecule has 2 aromatic rings. The van der Waals surface area contributed by atoms with Crippen molar-refractivity contribution in [3.63, 3.8) is 0 Å². The Labute approximate surface area is 103 Å². The molecule has 2 rings (SSSR count). The average Bonchev–Trinajstić information content (AvgIpc) is 2.71. The minimum Gasteiger partial charge on any atom is -0.366 e. The van der Waals surface area contributed by atoms with Crippen LogP contribution in [0.4, 0.5) is 5.69 Å². The van der Waals surface area contributed by atoms with Gasteiger partial charge in [0.2, 0.25) is 0 Å². The van der Waals surface area contributed by atoms with E-state index in [0.717, 1.165) is 5.56 Å². The fraction of sp³-hybridized carbons (Fsp3) is 0.0833. The van der Waals surface area contributed by atoms with E-state index in [2.05, 4.69) is 4.98 Å². The second-order valence-electron chi connectivity index (χ2n) is 3.89. The molecule has 0 fully saturated rings. The molecule has 18 heavy (non-hydrogen) atoms. The van der Waals surface area contributed by atoms with Gasteiger partial charge in [0.1, 0.15) is 0 Å². The van der Waals surface area contributed by atoms with Crippen molar-refractivity contribution in [1.29, 1.82) is 0 Å². The fourth-order valence-electron chi connectivity index (χ4n) is 1.73. The molecule has 3 N–H and O–H groups in total. The Morgan fingerprint density at radius 3 is 2.39 bits per heavy atom. The number of H-pyrrole nitrogens is 1. The summed E-state index contributed by atoms with van der Waals surface area (Å²) in [7, 11) is 0. The number of nitro groups is 1. The van der Waals surface area contributed by atoms with Crippen LogP contribution in [-0.4, -0.2) is 15.8 Å². The topological polar surface area (TPSA) is 102 Å². The van der Waals surface area contributed by atoms with Crippen LogP contribution in [-0.2, 0) is 0 Å². The van der Waals surface area contributed by atoms with Crippen molar-refractivity contribution < 1.29 is 9.72 Å². The van der Waals surface area contributed by atoms with Crippen LogP contribution in [0.25, 0.3) is 11.3 Å². The molecule has 0 atom stereocenters. The van der Waals surface area contributed by atoms with Gasteiger partial charge in [-0.05, 0) is 30.7 Å². The number of aromatic nitrogens is 1. The van der Waals surface area contributed by atoms with E-state index in [-0.39, 0.29) is 5.69 Å². The third-order valence-corrected chi connectivity index (χ3v) is 2.67. The maximum atomic E-state index is 11.1. The zero-order valence-electron chi connectivity index (χ0n) is 9.64. The monoisotopic (exact) mass is 245 g/mol. The number of rotatable bonds is 3. The predicted octanol–water partition coefficient (Wildman–Crippen LogP) is 2.00. The van der Waals surface area contributed by atoms with Gasteiger partial charge in [0.25, 0.3) is 11.6 Å². The lowest BCUT2D eigenvalue weighted by Gasteiger charge is -1.97. The van der Waals surface area contributed by atoms with Crippen LogP contribution in [0.3, 0.4) is 0 Å². The summed E-state index contributed by atoms with van der Waals surface area (Å²) in [5.74, 6) is -0.503. The third kappa shape index (κ3) is 2.08. The molecule has 92 valence electrons. The smallest absolute Gasteiger partial charge is 0.269 e. The number of benzene rings is 1. The van der Waals surface area contributed by atoms with E-state index in [0.29, 0.717) is 17.0 Å². The Hall–Kier alpha value is -2.63. The van der Waals surface area contributed by atoms with Gasteiger partial charge in [0.05, 0.1) is 10.5 Å². The van der Waals surface area contributed by atoms with E-state index in [9.17, 15) is 14.9 Å². The molecule has 1 heterocycles. The Morgan fingerprint density at radius 2 is 1.94 bits per heavy atom. The first-order valence-corrected chi connectivity index (χ1v) is 5.23. The number of hydrogen-bond acceptors (Lipinski definition) is 3. The largest absolute Gasteiger partial charge is 0.366 e. The zero-order valence-corrected chi connectivity index (χ0v) is 9.64. The second kappa shape index (κ2) is 4.33. The number of nitrogens with zero attached hydrogens (tertiary/aromatic N) is 1. The summed E-state index contributed by atoms with van der Waals surface area (Å²) in [6.45, 7) is 1.75. The first kappa shape index (κ1) is 11.8. The molecule has 1 aromatic heterocycles. The summed E-state index contributed by atoms with van der Waals surface area (Å²) in [6, 6.07) is 7.70. The van der Waals surface area contributed by atoms with Crippen molar-refractivity contribution >= 4 is 11.6 Å². The summed E-state index contributed by atoms with van der Waals surface area (Å²) in [6.07, 6.45) is 0. The standard InChI is InChI=1S/C12H11N3O3/c1-7-10(12(13)16)6-11(14-7)8-2-4-9(5-3-8)15(17)18/h2-6,14H,1H3,(H2,13,16). The van der Waals surface area contributed by atoms with Crippen molar-refractivity contribution in [3.05, 3.63) is 51.7 Å². The van der Waals surface area contributed by atoms with Crippen molar-refractivity contribution in [2.75, 3.05) is 0 Å². The lowest BCUT2D eigenvalue weighted by molar-refractivity contribution is -0.384. The molecular formula is C12H11N3O3. The minimum atomic E-state index is -0.503. The number of primary amides is 1. The summed E-state index contributed by atoms with van der Waals surface area (Å²) in [5.41, 5.74) is 7.81. The number of hydrogen-bond donors (Lipinski definition) is 2. The molecular weight excluding hydrogens is 234 g/mol. The van der Waals surface area contributed by atoms with Gasteiger partial charge >= 0.3 is 0 Å². The molecule has 0 aliphatic rings. The molecule has 0 aliphatic heterocycles. The molecule has 0 radical (unpaired) electrons. The van der Waals surface area contributed by atoms with Gasteiger partial charge < -0.3 is 10.7 Å². The van der Waals surface area contributed by atoms with E-state index in [1.54, 1.807) is 25.1 Å². The van der Waals surface area contributed by atoms with Crippen LogP contribution in [0.15, 0.2) is 30.3 Å². The average molecular weight is 245 g/mol. The number of nitrogens with one attached hydrogen (secondary N) is 1. The van der Waals surface area contributed by atoms with Crippen molar-refractivity contribution in [1.82, 2.24) is 4.98 Å². The minimum absolute atomic E-state index is 0.0251. The van der Waals surface area contributed by atoms with Gasteiger partial charge in [-0.3, -0.25) is 14.9 Å². The van der Waals surface area contributed by atoms with Crippen molar-refractivity contribution in [2.45, 2.75) is 6.92 Å². The molecule has 1 aromatic carbocycles. The van der Waals surface area contributed by atoms with Gasteiger partial charge in [-0.25, -0.2) is 0 Å². The fourth-order valence-corrected chi connectivity index (χ4v) is 1.73. The molecule has 1 amide bonds. The van der Waals surface area contributed by atoms with Gasteiger partial charge in [0, 0.05) is 23.5 Å². The summed E-state index contributed by atoms with van der Waals surface area (Å²) >= 11 is 0. The molecule has 0 bridgehead atoms. The normalized spacial score (nSPS) is 10.3. The number of aryl methyl sites for hydroxylation is 1. The number of carbonyl (C=O) groups excluding carboxylic acids is 1. The Balaban J connectivity index is 2.40. The van der Waals surface area contributed by atoms with Crippen LogP contribution < -0.4 is 5.73 Å². The van der Waals surface area contributed by atoms with E-state index in [1.165, 1.54) is 12.1 Å². The molecule has 0 aliphatic carbocycles. The lowest BCUT2D eigenvalue weighted by atomic mass is 10.1. The van der Waals surface area contributed by atoms with Gasteiger partial charge in [0.15, 0.2) is 0 Å². The number of nitrogens with two attached hydrogens (primary N) is 1. The molecule has 6 nitrogen and oxygen atoms in total. The van der Waals surface area contributed by atoms with E-state index in [4.69, 9.17) is 5.73 Å². The zero-order chi connectivity index (χ0) is 13.3. The Kier molecular flexibility index (Phi) is 2.85. The first-order chi connectivity index (χ1) is 8.49. The van der Waals surface area contributed by atoms with Gasteiger partial charge in [-0.15, -0.1) is 0 Å². The summed E-state index contributed by atoms with van der Waals surface area (Å²) in [5, 5.41) is 10.5. The predicted molar refractivity (Wildman–Crippen MR) is 66.1 cm³/mol. The third-order valence-electron chi connectivity index (χ3n) is 2.67. The maximum absolute atomic E-state index is 11.1. The maximum Gasteiger partial charge on any atom is 0.269 e. The molecule has 6 heteroatoms. The van der Waals surface area contributed by atoms with E-state index >= 15 is 0 Å². The Morgan fingerprint density at radius 1 is 1.33 bits per heavy atom. The molecule has 0 saturated heterocycles. The first-order valence-electron chi connectivity index (χ1n) is 5.23. The van der Waals surface area contributed by atoms with E-state index < -0.39 is 10.8 Å². The van der Waals surface area contributed by atoms with Crippen LogP contribution in [0.1, 0.15) is 16.1 Å². The molecule has 0 unspecified atom stereocenters. The van der Waals surface area contributed by atoms with Gasteiger partial charge in [-0.1, -0.05) is 0 Å². The van der Waals surface area contributed by atoms with Crippen LogP contribution in [0, 0.1) is 17.0 Å². The van der Waals surface area contributed by atoms with Crippen LogP contribution in [0.2, 0.25) is 0 Å². The number of non-ortho nitro benzene ring substituents is 1. The van der Waals surface area contributed by atoms with Crippen molar-refractivity contribution in [2.24, 2.45) is 5.73 Å². The molecule has 0 spiro atoms. The summed E-state index contributed by atoms with van der Waals surface area (Å²) < 4.78 is 0. The van der Waals surface area contributed by atoms with E-state index in [1.807, 2.05) is 0 Å².